The van der Waals surface area contributed by atoms with Gasteiger partial charge in [0.2, 0.25) is 5.82 Å². The summed E-state index contributed by atoms with van der Waals surface area (Å²) < 4.78 is 18.6. The van der Waals surface area contributed by atoms with Gasteiger partial charge in [0.05, 0.1) is 0 Å². The number of hydrogen-bond acceptors (Lipinski definition) is 10. The molecule has 0 aliphatic heterocycles. The van der Waals surface area contributed by atoms with Gasteiger partial charge >= 0.3 is 11.7 Å². The molecule has 3 aromatic heterocycles. The lowest BCUT2D eigenvalue weighted by Crippen LogP contribution is -2.25. The van der Waals surface area contributed by atoms with Crippen LogP contribution in [0.4, 0.5) is 4.39 Å². The second-order valence-electron chi connectivity index (χ2n) is 9.61. The Morgan fingerprint density at radius 2 is 1.93 bits per heavy atom. The molecule has 3 heterocycles. The Balaban J connectivity index is 0.000000262. The van der Waals surface area contributed by atoms with Crippen molar-refractivity contribution in [1.29, 1.82) is 0 Å². The van der Waals surface area contributed by atoms with Crippen LogP contribution in [0.1, 0.15) is 73.7 Å². The molecule has 2 amide bonds. The lowest BCUT2D eigenvalue weighted by atomic mass is 10.0. The zero-order valence-corrected chi connectivity index (χ0v) is 23.7. The minimum Gasteiger partial charge on any atom is -0.477 e. The fourth-order valence-corrected chi connectivity index (χ4v) is 4.48. The summed E-state index contributed by atoms with van der Waals surface area (Å²) in [7, 11) is 0. The molecular formula is C28H29ClFN9O6. The van der Waals surface area contributed by atoms with Crippen molar-refractivity contribution in [2.24, 2.45) is 11.5 Å². The highest BCUT2D eigenvalue weighted by molar-refractivity contribution is 5.96. The highest BCUT2D eigenvalue weighted by Gasteiger charge is 2.21. The number of nitrogens with one attached hydrogen (secondary N) is 2. The number of aryl methyl sites for hydroxylation is 2. The maximum absolute atomic E-state index is 13.3. The number of fused-ring (bicyclic) bond motifs is 2. The van der Waals surface area contributed by atoms with Crippen molar-refractivity contribution in [2.45, 2.75) is 39.8 Å². The number of aromatic carboxylic acids is 1. The number of nitrogens with zero attached hydrogens (tertiary/aromatic N) is 5. The molecule has 0 fully saturated rings. The van der Waals surface area contributed by atoms with E-state index in [1.54, 1.807) is 13.0 Å². The molecule has 1 aliphatic carbocycles. The van der Waals surface area contributed by atoms with Gasteiger partial charge in [-0.3, -0.25) is 19.1 Å². The Bertz CT molecular complexity index is 1950. The number of amides is 2. The van der Waals surface area contributed by atoms with E-state index in [4.69, 9.17) is 11.5 Å². The fourth-order valence-electron chi connectivity index (χ4n) is 4.48. The second-order valence-corrected chi connectivity index (χ2v) is 9.61. The van der Waals surface area contributed by atoms with Gasteiger partial charge < -0.3 is 21.9 Å². The van der Waals surface area contributed by atoms with Gasteiger partial charge in [-0.05, 0) is 54.2 Å². The largest absolute Gasteiger partial charge is 0.477 e. The van der Waals surface area contributed by atoms with Crippen molar-refractivity contribution in [3.05, 3.63) is 98.3 Å². The SMILES string of the molecule is C.Cc1cc(CNC(=O)c2cc(C(=O)O)n3nc(C(N)=O)nc3n2)ccc1F.Cl.N[C@H]1CCc2cc(-c3noc(=O)[nH]3)ccc21. The number of aromatic nitrogens is 6. The zero-order chi connectivity index (χ0) is 30.8. The average molecular weight is 642 g/mol. The van der Waals surface area contributed by atoms with Gasteiger partial charge in [-0.15, -0.1) is 17.5 Å². The number of benzene rings is 2. The summed E-state index contributed by atoms with van der Waals surface area (Å²) in [6.45, 7) is 1.67. The van der Waals surface area contributed by atoms with E-state index in [-0.39, 0.29) is 49.7 Å². The van der Waals surface area contributed by atoms with E-state index in [9.17, 15) is 28.7 Å². The first-order valence-corrected chi connectivity index (χ1v) is 12.8. The van der Waals surface area contributed by atoms with Crippen LogP contribution in [0.2, 0.25) is 0 Å². The molecule has 7 N–H and O–H groups in total. The van der Waals surface area contributed by atoms with Crippen molar-refractivity contribution in [1.82, 2.24) is 35.0 Å². The summed E-state index contributed by atoms with van der Waals surface area (Å²) in [5.41, 5.74) is 14.7. The Kier molecular flexibility index (Phi) is 10.5. The highest BCUT2D eigenvalue weighted by Crippen LogP contribution is 2.31. The standard InChI is InChI=1S/C16H13FN6O4.C11H11N3O2.CH4.ClH/c1-7-4-8(2-3-9(7)17)6-19-14(25)10-5-11(15(26)27)23-16(20-10)21-13(22-23)12(18)24;12-9-4-2-6-5-7(1-3-8(6)9)10-13-11(15)16-14-10;;/h2-5H,6H2,1H3,(H2,18,24)(H,19,25)(H,26,27);1,3,5,9H,2,4,12H2,(H,13,14,15);1H4;1H/t;9-;;/m.0../s1. The fraction of sp³-hybridized carbons (Fsp3) is 0.214. The van der Waals surface area contributed by atoms with E-state index < -0.39 is 35.1 Å². The van der Waals surface area contributed by atoms with Crippen LogP contribution in [0, 0.1) is 12.7 Å². The third-order valence-corrected chi connectivity index (χ3v) is 6.64. The summed E-state index contributed by atoms with van der Waals surface area (Å²) in [5, 5.41) is 19.2. The van der Waals surface area contributed by atoms with Gasteiger partial charge in [0.15, 0.2) is 11.5 Å². The zero-order valence-electron chi connectivity index (χ0n) is 22.9. The van der Waals surface area contributed by atoms with Crippen molar-refractivity contribution in [3.63, 3.8) is 0 Å². The van der Waals surface area contributed by atoms with E-state index in [1.165, 1.54) is 23.3 Å². The number of carbonyl (C=O) groups excluding carboxylic acids is 2. The van der Waals surface area contributed by atoms with Crippen LogP contribution in [-0.2, 0) is 13.0 Å². The van der Waals surface area contributed by atoms with E-state index in [0.717, 1.165) is 29.0 Å². The van der Waals surface area contributed by atoms with Gasteiger partial charge in [0, 0.05) is 24.2 Å². The molecule has 236 valence electrons. The Labute approximate surface area is 260 Å². The molecular weight excluding hydrogens is 613 g/mol. The van der Waals surface area contributed by atoms with Crippen molar-refractivity contribution in [3.8, 4) is 11.4 Å². The minimum atomic E-state index is -1.40. The average Bonchev–Trinajstić information content (AvgIpc) is 3.71. The second kappa shape index (κ2) is 13.9. The van der Waals surface area contributed by atoms with Gasteiger partial charge in [0.1, 0.15) is 11.5 Å². The van der Waals surface area contributed by atoms with Crippen LogP contribution in [0.3, 0.4) is 0 Å². The molecule has 17 heteroatoms. The Morgan fingerprint density at radius 1 is 1.18 bits per heavy atom. The van der Waals surface area contributed by atoms with Gasteiger partial charge in [-0.1, -0.05) is 36.8 Å². The summed E-state index contributed by atoms with van der Waals surface area (Å²) in [4.78, 5) is 55.9. The van der Waals surface area contributed by atoms with Crippen LogP contribution in [0.15, 0.2) is 51.8 Å². The lowest BCUT2D eigenvalue weighted by Gasteiger charge is -2.07. The number of halogens is 2. The first kappa shape index (κ1) is 34.0. The maximum atomic E-state index is 13.3. The number of carbonyl (C=O) groups is 3. The smallest absolute Gasteiger partial charge is 0.439 e. The lowest BCUT2D eigenvalue weighted by molar-refractivity contribution is 0.0686. The van der Waals surface area contributed by atoms with Crippen LogP contribution < -0.4 is 22.5 Å². The number of aromatic amines is 1. The summed E-state index contributed by atoms with van der Waals surface area (Å²) >= 11 is 0. The number of carboxylic acid groups (broad SMARTS) is 1. The molecule has 45 heavy (non-hydrogen) atoms. The predicted molar refractivity (Wildman–Crippen MR) is 160 cm³/mol. The first-order valence-electron chi connectivity index (χ1n) is 12.8. The third kappa shape index (κ3) is 7.36. The molecule has 0 unspecified atom stereocenters. The maximum Gasteiger partial charge on any atom is 0.439 e. The Hall–Kier alpha value is -5.48. The molecule has 5 aromatic rings. The molecule has 0 bridgehead atoms. The van der Waals surface area contributed by atoms with Crippen LogP contribution >= 0.6 is 12.4 Å². The Morgan fingerprint density at radius 3 is 2.58 bits per heavy atom. The molecule has 0 saturated heterocycles. The number of carboxylic acids is 1. The van der Waals surface area contributed by atoms with E-state index in [0.29, 0.717) is 17.0 Å². The normalized spacial score (nSPS) is 13.1. The number of rotatable bonds is 6. The summed E-state index contributed by atoms with van der Waals surface area (Å²) in [6.07, 6.45) is 1.96. The molecule has 2 aromatic carbocycles. The molecule has 1 aliphatic rings. The van der Waals surface area contributed by atoms with E-state index >= 15 is 0 Å². The minimum absolute atomic E-state index is 0. The predicted octanol–water partition coefficient (Wildman–Crippen LogP) is 2.33. The third-order valence-electron chi connectivity index (χ3n) is 6.64. The molecule has 15 nitrogen and oxygen atoms in total. The first-order chi connectivity index (χ1) is 20.5. The van der Waals surface area contributed by atoms with Gasteiger partial charge in [0.25, 0.3) is 17.6 Å². The van der Waals surface area contributed by atoms with E-state index in [1.807, 2.05) is 18.2 Å². The van der Waals surface area contributed by atoms with E-state index in [2.05, 4.69) is 35.0 Å². The molecule has 0 spiro atoms. The van der Waals surface area contributed by atoms with Crippen molar-refractivity contribution in [2.75, 3.05) is 0 Å². The molecule has 0 radical (unpaired) electrons. The molecule has 6 rings (SSSR count). The number of hydrogen-bond donors (Lipinski definition) is 5. The van der Waals surface area contributed by atoms with Crippen LogP contribution in [-0.4, -0.2) is 52.6 Å². The number of H-pyrrole nitrogens is 1. The van der Waals surface area contributed by atoms with Crippen molar-refractivity contribution < 1.29 is 28.4 Å². The highest BCUT2D eigenvalue weighted by atomic mass is 35.5. The summed E-state index contributed by atoms with van der Waals surface area (Å²) in [5.74, 6) is -4.15. The van der Waals surface area contributed by atoms with Gasteiger partial charge in [-0.25, -0.2) is 19.0 Å². The number of primary amides is 1. The topological polar surface area (TPSA) is 237 Å². The molecule has 1 atom stereocenters. The van der Waals surface area contributed by atoms with Crippen LogP contribution in [0.5, 0.6) is 0 Å². The monoisotopic (exact) mass is 641 g/mol. The summed E-state index contributed by atoms with van der Waals surface area (Å²) in [6, 6.07) is 11.4. The molecule has 0 saturated carbocycles. The van der Waals surface area contributed by atoms with Gasteiger partial charge in [-0.2, -0.15) is 9.50 Å². The van der Waals surface area contributed by atoms with Crippen molar-refractivity contribution >= 4 is 36.0 Å². The van der Waals surface area contributed by atoms with Crippen LogP contribution in [0.25, 0.3) is 17.2 Å². The number of nitrogens with two attached hydrogens (primary N) is 2. The quantitative estimate of drug-likeness (QED) is 0.180.